The molecule has 0 spiro atoms. The van der Waals surface area contributed by atoms with Crippen LogP contribution >= 0.6 is 0 Å². The van der Waals surface area contributed by atoms with Crippen LogP contribution in [0.5, 0.6) is 11.5 Å². The van der Waals surface area contributed by atoms with Gasteiger partial charge in [0, 0.05) is 32.0 Å². The van der Waals surface area contributed by atoms with Gasteiger partial charge in [-0.15, -0.1) is 0 Å². The topological polar surface area (TPSA) is 123 Å². The Morgan fingerprint density at radius 1 is 1.16 bits per heavy atom. The minimum Gasteiger partial charge on any atom is -0.457 e. The monoisotopic (exact) mass is 530 g/mol. The molecule has 9 nitrogen and oxygen atoms in total. The van der Waals surface area contributed by atoms with Crippen LogP contribution in [-0.4, -0.2) is 45.6 Å². The van der Waals surface area contributed by atoms with Gasteiger partial charge in [0.05, 0.1) is 23.8 Å². The Balaban J connectivity index is 1.41. The lowest BCUT2D eigenvalue weighted by Crippen LogP contribution is -2.59. The molecule has 2 aromatic carbocycles. The first-order valence-electron chi connectivity index (χ1n) is 11.7. The predicted octanol–water partition coefficient (Wildman–Crippen LogP) is 3.55. The molecule has 2 amide bonds. The highest BCUT2D eigenvalue weighted by Gasteiger charge is 2.43. The Bertz CT molecular complexity index is 1280. The number of alkyl halides is 3. The first-order chi connectivity index (χ1) is 18.1. The molecular weight excluding hydrogens is 505 g/mol. The van der Waals surface area contributed by atoms with Gasteiger partial charge >= 0.3 is 6.18 Å². The van der Waals surface area contributed by atoms with Gasteiger partial charge in [-0.1, -0.05) is 18.2 Å². The summed E-state index contributed by atoms with van der Waals surface area (Å²) in [6, 6.07) is 9.56. The molecule has 38 heavy (non-hydrogen) atoms. The molecule has 0 radical (unpaired) electrons. The summed E-state index contributed by atoms with van der Waals surface area (Å²) in [5, 5.41) is 15.1. The molecule has 4 rings (SSSR count). The zero-order valence-electron chi connectivity index (χ0n) is 20.3. The molecule has 2 atom stereocenters. The number of nitrogens with one attached hydrogen (secondary N) is 2. The van der Waals surface area contributed by atoms with Crippen LogP contribution in [0, 0.1) is 0 Å². The Morgan fingerprint density at radius 2 is 1.87 bits per heavy atom. The number of ether oxygens (including phenoxy) is 2. The molecule has 0 aliphatic carbocycles. The van der Waals surface area contributed by atoms with Gasteiger partial charge < -0.3 is 25.2 Å². The number of amides is 2. The largest absolute Gasteiger partial charge is 0.457 e. The average molecular weight is 531 g/mol. The summed E-state index contributed by atoms with van der Waals surface area (Å²) < 4.78 is 51.4. The third-order valence-corrected chi connectivity index (χ3v) is 6.03. The van der Waals surface area contributed by atoms with Gasteiger partial charge in [-0.05, 0) is 42.3 Å². The van der Waals surface area contributed by atoms with Crippen LogP contribution in [0.4, 0.5) is 13.2 Å². The lowest BCUT2D eigenvalue weighted by atomic mass is 9.96. The van der Waals surface area contributed by atoms with Crippen LogP contribution in [0.2, 0.25) is 0 Å². The van der Waals surface area contributed by atoms with Crippen LogP contribution in [0.3, 0.4) is 0 Å². The standard InChI is InChI=1S/C26H25F3N4O5/c1-16(34)18-4-7-22(21(10-18)26(27,28)29)38-20-5-2-17(3-6-20)11-32-24(36)25(8-9-37-14-25)33-23(35)19-12-30-15-31-13-19/h2-7,10,12-13,15-16,34H,8-9,11,14H2,1H3,(H,32,36)(H,33,35). The van der Waals surface area contributed by atoms with Crippen LogP contribution < -0.4 is 15.4 Å². The number of hydrogen-bond donors (Lipinski definition) is 3. The fraction of sp³-hybridized carbons (Fsp3) is 0.308. The number of rotatable bonds is 8. The molecule has 1 aromatic heterocycles. The zero-order chi connectivity index (χ0) is 27.3. The third-order valence-electron chi connectivity index (χ3n) is 6.03. The van der Waals surface area contributed by atoms with E-state index in [1.165, 1.54) is 43.8 Å². The van der Waals surface area contributed by atoms with Crippen molar-refractivity contribution in [2.24, 2.45) is 0 Å². The first-order valence-corrected chi connectivity index (χ1v) is 11.7. The summed E-state index contributed by atoms with van der Waals surface area (Å²) in [5.41, 5.74) is -1.28. The minimum atomic E-state index is -4.67. The summed E-state index contributed by atoms with van der Waals surface area (Å²) in [4.78, 5) is 33.2. The van der Waals surface area contributed by atoms with Crippen molar-refractivity contribution in [3.63, 3.8) is 0 Å². The Kier molecular flexibility index (Phi) is 7.93. The summed E-state index contributed by atoms with van der Waals surface area (Å²) in [6.45, 7) is 1.77. The zero-order valence-corrected chi connectivity index (χ0v) is 20.3. The molecule has 0 bridgehead atoms. The second-order valence-corrected chi connectivity index (χ2v) is 8.82. The van der Waals surface area contributed by atoms with Gasteiger partial charge in [0.25, 0.3) is 5.91 Å². The molecule has 2 heterocycles. The van der Waals surface area contributed by atoms with Crippen molar-refractivity contribution >= 4 is 11.8 Å². The molecule has 3 N–H and O–H groups in total. The number of aliphatic hydroxyl groups is 1. The third kappa shape index (κ3) is 6.26. The van der Waals surface area contributed by atoms with Gasteiger partial charge in [0.1, 0.15) is 23.4 Å². The molecule has 2 unspecified atom stereocenters. The van der Waals surface area contributed by atoms with E-state index in [1.807, 2.05) is 0 Å². The van der Waals surface area contributed by atoms with E-state index in [0.29, 0.717) is 12.2 Å². The average Bonchev–Trinajstić information content (AvgIpc) is 3.37. The second kappa shape index (κ2) is 11.2. The molecule has 3 aromatic rings. The highest BCUT2D eigenvalue weighted by molar-refractivity contribution is 5.99. The number of nitrogens with zero attached hydrogens (tertiary/aromatic N) is 2. The second-order valence-electron chi connectivity index (χ2n) is 8.82. The van der Waals surface area contributed by atoms with Crippen molar-refractivity contribution in [2.75, 3.05) is 13.2 Å². The van der Waals surface area contributed by atoms with Gasteiger partial charge in [0.15, 0.2) is 0 Å². The number of hydrogen-bond acceptors (Lipinski definition) is 7. The maximum Gasteiger partial charge on any atom is 0.419 e. The van der Waals surface area contributed by atoms with E-state index >= 15 is 0 Å². The number of halogens is 3. The SMILES string of the molecule is CC(O)c1ccc(Oc2ccc(CNC(=O)C3(NC(=O)c4cncnc4)CCOC3)cc2)c(C(F)(F)F)c1. The fourth-order valence-corrected chi connectivity index (χ4v) is 3.88. The number of benzene rings is 2. The Morgan fingerprint density at radius 3 is 2.47 bits per heavy atom. The fourth-order valence-electron chi connectivity index (χ4n) is 3.88. The maximum absolute atomic E-state index is 13.5. The number of aliphatic hydroxyl groups excluding tert-OH is 1. The van der Waals surface area contributed by atoms with E-state index in [-0.39, 0.29) is 36.4 Å². The first kappa shape index (κ1) is 27.0. The summed E-state index contributed by atoms with van der Waals surface area (Å²) in [7, 11) is 0. The van der Waals surface area contributed by atoms with Crippen LogP contribution in [-0.2, 0) is 22.3 Å². The predicted molar refractivity (Wildman–Crippen MR) is 128 cm³/mol. The smallest absolute Gasteiger partial charge is 0.419 e. The van der Waals surface area contributed by atoms with Crippen LogP contribution in [0.1, 0.15) is 46.5 Å². The van der Waals surface area contributed by atoms with Crippen LogP contribution in [0.15, 0.2) is 61.2 Å². The molecule has 12 heteroatoms. The van der Waals surface area contributed by atoms with Crippen molar-refractivity contribution in [1.82, 2.24) is 20.6 Å². The summed E-state index contributed by atoms with van der Waals surface area (Å²) >= 11 is 0. The normalized spacial score (nSPS) is 18.0. The molecule has 1 fully saturated rings. The Hall–Kier alpha value is -4.03. The van der Waals surface area contributed by atoms with Crippen molar-refractivity contribution in [1.29, 1.82) is 0 Å². The molecule has 0 saturated carbocycles. The van der Waals surface area contributed by atoms with E-state index in [0.717, 1.165) is 12.1 Å². The summed E-state index contributed by atoms with van der Waals surface area (Å²) in [6.07, 6.45) is -1.49. The molecule has 1 aliphatic rings. The lowest BCUT2D eigenvalue weighted by molar-refractivity contribution is -0.138. The Labute approximate surface area is 216 Å². The van der Waals surface area contributed by atoms with E-state index in [9.17, 15) is 27.9 Å². The summed E-state index contributed by atoms with van der Waals surface area (Å²) in [5.74, 6) is -1.18. The highest BCUT2D eigenvalue weighted by Crippen LogP contribution is 2.39. The van der Waals surface area contributed by atoms with Gasteiger partial charge in [-0.2, -0.15) is 13.2 Å². The van der Waals surface area contributed by atoms with E-state index in [4.69, 9.17) is 9.47 Å². The molecule has 1 saturated heterocycles. The number of carbonyl (C=O) groups is 2. The molecular formula is C26H25F3N4O5. The lowest BCUT2D eigenvalue weighted by Gasteiger charge is -2.27. The van der Waals surface area contributed by atoms with Crippen molar-refractivity contribution in [2.45, 2.75) is 37.7 Å². The number of aromatic nitrogens is 2. The van der Waals surface area contributed by atoms with E-state index in [2.05, 4.69) is 20.6 Å². The highest BCUT2D eigenvalue weighted by atomic mass is 19.4. The number of carbonyl (C=O) groups excluding carboxylic acids is 2. The van der Waals surface area contributed by atoms with E-state index in [1.54, 1.807) is 12.1 Å². The molecule has 1 aliphatic heterocycles. The van der Waals surface area contributed by atoms with Crippen molar-refractivity contribution in [3.8, 4) is 11.5 Å². The van der Waals surface area contributed by atoms with Gasteiger partial charge in [-0.3, -0.25) is 9.59 Å². The van der Waals surface area contributed by atoms with E-state index < -0.39 is 40.9 Å². The molecule has 200 valence electrons. The van der Waals surface area contributed by atoms with Gasteiger partial charge in [-0.25, -0.2) is 9.97 Å². The maximum atomic E-state index is 13.5. The van der Waals surface area contributed by atoms with Crippen molar-refractivity contribution < 1.29 is 37.3 Å². The van der Waals surface area contributed by atoms with Crippen molar-refractivity contribution in [3.05, 3.63) is 83.4 Å². The minimum absolute atomic E-state index is 0.000426. The van der Waals surface area contributed by atoms with Crippen LogP contribution in [0.25, 0.3) is 0 Å². The van der Waals surface area contributed by atoms with Gasteiger partial charge in [0.2, 0.25) is 5.91 Å². The quantitative estimate of drug-likeness (QED) is 0.407.